The zero-order valence-corrected chi connectivity index (χ0v) is 63.3. The molecule has 2 atom stereocenters. The summed E-state index contributed by atoms with van der Waals surface area (Å²) in [6, 6.07) is 0. The van der Waals surface area contributed by atoms with E-state index in [0.717, 1.165) is 89.9 Å². The van der Waals surface area contributed by atoms with Gasteiger partial charge in [-0.3, -0.25) is 9.59 Å². The molecule has 1 N–H and O–H groups in total. The van der Waals surface area contributed by atoms with E-state index in [1.807, 2.05) is 21.1 Å². The third-order valence-electron chi connectivity index (χ3n) is 18.2. The van der Waals surface area contributed by atoms with E-state index in [1.165, 1.54) is 263 Å². The number of carboxylic acids is 1. The number of esters is 2. The number of aliphatic carboxylic acids is 1. The van der Waals surface area contributed by atoms with Gasteiger partial charge < -0.3 is 28.5 Å². The van der Waals surface area contributed by atoms with Crippen LogP contribution in [0.5, 0.6) is 0 Å². The number of ether oxygens (including phenoxy) is 4. The highest BCUT2D eigenvalue weighted by atomic mass is 16.7. The summed E-state index contributed by atoms with van der Waals surface area (Å²) in [6.45, 7) is 4.82. The quantitative estimate of drug-likeness (QED) is 0.0211. The van der Waals surface area contributed by atoms with Crippen LogP contribution in [0.4, 0.5) is 0 Å². The maximum Gasteiger partial charge on any atom is 0.361 e. The number of carboxylic acid groups (broad SMARTS) is 1. The SMILES string of the molecule is CC/C=C\C/C=C\C/C=C\C/C=C\C/C=C\C/C=C\C/C=C\CCCCCCCCCCCCCC(=O)OC(COC(=O)CCCCCCCCCCCCCCCCCCCCCCCCCCCCCCCCCCCCCCC)COC(OCC[N+](C)(C)C)C(=O)O. The van der Waals surface area contributed by atoms with Crippen LogP contribution in [-0.4, -0.2) is 87.4 Å². The van der Waals surface area contributed by atoms with Crippen LogP contribution >= 0.6 is 0 Å². The van der Waals surface area contributed by atoms with Crippen LogP contribution in [0.25, 0.3) is 0 Å². The average molecular weight is 1330 g/mol. The molecule has 0 aliphatic heterocycles. The van der Waals surface area contributed by atoms with E-state index >= 15 is 0 Å². The first-order chi connectivity index (χ1) is 46.6. The number of likely N-dealkylation sites (N-methyl/N-ethyl adjacent to an activating group) is 1. The van der Waals surface area contributed by atoms with Crippen molar-refractivity contribution in [2.75, 3.05) is 47.5 Å². The maximum atomic E-state index is 13.0. The minimum Gasteiger partial charge on any atom is -0.477 e. The first-order valence-corrected chi connectivity index (χ1v) is 40.8. The standard InChI is InChI=1S/C86H155NO8/c1-6-8-10-12-14-16-18-20-22-24-26-28-30-32-34-36-38-40-41-42-43-45-46-48-50-52-54-56-58-60-62-64-66-68-70-72-74-76-83(88)93-80-82(81-94-86(85(90)91)92-79-78-87(3,4)5)95-84(89)77-75-73-71-69-67-65-63-61-59-57-55-53-51-49-47-44-39-37-35-33-31-29-27-25-23-21-19-17-15-13-11-9-7-2/h9,11,15,17,21,23,27,29,33,35,39,44,49,51,82,86H,6-8,10,12-14,16,18-20,22,24-26,28,30-32,34,36-38,40-43,45-48,50,52-81H2,1-5H3/p+1/b11-9-,17-15-,23-21-,29-27-,35-33-,44-39-,51-49-. The van der Waals surface area contributed by atoms with Crippen molar-refractivity contribution >= 4 is 17.9 Å². The van der Waals surface area contributed by atoms with Crippen LogP contribution in [-0.2, 0) is 33.3 Å². The second kappa shape index (κ2) is 76.2. The molecule has 95 heavy (non-hydrogen) atoms. The Morgan fingerprint density at radius 3 is 0.895 bits per heavy atom. The molecule has 0 fully saturated rings. The number of unbranched alkanes of at least 4 members (excludes halogenated alkanes) is 47. The Hall–Kier alpha value is -3.53. The van der Waals surface area contributed by atoms with Gasteiger partial charge >= 0.3 is 17.9 Å². The van der Waals surface area contributed by atoms with Crippen molar-refractivity contribution in [2.24, 2.45) is 0 Å². The van der Waals surface area contributed by atoms with Crippen molar-refractivity contribution in [1.82, 2.24) is 0 Å². The molecule has 0 aromatic rings. The van der Waals surface area contributed by atoms with Gasteiger partial charge in [-0.05, 0) is 70.6 Å². The summed E-state index contributed by atoms with van der Waals surface area (Å²) in [7, 11) is 5.99. The lowest BCUT2D eigenvalue weighted by atomic mass is 10.0. The van der Waals surface area contributed by atoms with Gasteiger partial charge in [0.25, 0.3) is 6.29 Å². The third kappa shape index (κ3) is 77.7. The summed E-state index contributed by atoms with van der Waals surface area (Å²) < 4.78 is 23.1. The average Bonchev–Trinajstić information content (AvgIpc) is 3.75. The predicted molar refractivity (Wildman–Crippen MR) is 410 cm³/mol. The van der Waals surface area contributed by atoms with Gasteiger partial charge in [-0.1, -0.05) is 388 Å². The van der Waals surface area contributed by atoms with Crippen LogP contribution in [0.2, 0.25) is 0 Å². The van der Waals surface area contributed by atoms with Crippen molar-refractivity contribution in [3.8, 4) is 0 Å². The van der Waals surface area contributed by atoms with Crippen molar-refractivity contribution in [3.63, 3.8) is 0 Å². The largest absolute Gasteiger partial charge is 0.477 e. The summed E-state index contributed by atoms with van der Waals surface area (Å²) in [5, 5.41) is 9.78. The van der Waals surface area contributed by atoms with Gasteiger partial charge in [-0.15, -0.1) is 0 Å². The van der Waals surface area contributed by atoms with E-state index in [-0.39, 0.29) is 32.2 Å². The molecule has 2 unspecified atom stereocenters. The van der Waals surface area contributed by atoms with Gasteiger partial charge in [0.1, 0.15) is 13.2 Å². The van der Waals surface area contributed by atoms with Crippen LogP contribution in [0.1, 0.15) is 386 Å². The molecule has 552 valence electrons. The number of hydrogen-bond acceptors (Lipinski definition) is 7. The summed E-state index contributed by atoms with van der Waals surface area (Å²) >= 11 is 0. The lowest BCUT2D eigenvalue weighted by Crippen LogP contribution is -2.40. The van der Waals surface area contributed by atoms with Gasteiger partial charge in [0.15, 0.2) is 6.10 Å². The molecule has 0 radical (unpaired) electrons. The van der Waals surface area contributed by atoms with E-state index < -0.39 is 24.3 Å². The van der Waals surface area contributed by atoms with Gasteiger partial charge in [-0.2, -0.15) is 0 Å². The minimum absolute atomic E-state index is 0.182. The first kappa shape index (κ1) is 91.5. The normalized spacial score (nSPS) is 13.1. The number of quaternary nitrogens is 1. The molecule has 0 spiro atoms. The smallest absolute Gasteiger partial charge is 0.361 e. The molecule has 0 saturated carbocycles. The number of rotatable bonds is 76. The molecule has 0 heterocycles. The lowest BCUT2D eigenvalue weighted by Gasteiger charge is -2.25. The highest BCUT2D eigenvalue weighted by Crippen LogP contribution is 2.20. The van der Waals surface area contributed by atoms with Crippen molar-refractivity contribution in [1.29, 1.82) is 0 Å². The number of hydrogen-bond donors (Lipinski definition) is 1. The minimum atomic E-state index is -1.51. The molecule has 0 aromatic carbocycles. The third-order valence-corrected chi connectivity index (χ3v) is 18.2. The zero-order valence-electron chi connectivity index (χ0n) is 63.3. The topological polar surface area (TPSA) is 108 Å². The van der Waals surface area contributed by atoms with Crippen LogP contribution < -0.4 is 0 Å². The Morgan fingerprint density at radius 1 is 0.326 bits per heavy atom. The second-order valence-electron chi connectivity index (χ2n) is 28.7. The highest BCUT2D eigenvalue weighted by Gasteiger charge is 2.25. The summed E-state index contributed by atoms with van der Waals surface area (Å²) in [5.74, 6) is -1.99. The van der Waals surface area contributed by atoms with Gasteiger partial charge in [-0.25, -0.2) is 4.79 Å². The van der Waals surface area contributed by atoms with E-state index in [2.05, 4.69) is 98.9 Å². The predicted octanol–water partition coefficient (Wildman–Crippen LogP) is 26.2. The zero-order chi connectivity index (χ0) is 69.0. The van der Waals surface area contributed by atoms with Gasteiger partial charge in [0.2, 0.25) is 0 Å². The molecule has 0 aromatic heterocycles. The first-order valence-electron chi connectivity index (χ1n) is 40.8. The summed E-state index contributed by atoms with van der Waals surface area (Å²) in [5.41, 5.74) is 0. The highest BCUT2D eigenvalue weighted by molar-refractivity contribution is 5.71. The van der Waals surface area contributed by atoms with Crippen molar-refractivity contribution in [2.45, 2.75) is 399 Å². The molecule has 0 amide bonds. The number of carbonyl (C=O) groups excluding carboxylic acids is 2. The molecule has 0 aliphatic carbocycles. The molecule has 0 bridgehead atoms. The fourth-order valence-electron chi connectivity index (χ4n) is 12.0. The van der Waals surface area contributed by atoms with Crippen molar-refractivity contribution in [3.05, 3.63) is 85.1 Å². The number of nitrogens with zero attached hydrogens (tertiary/aromatic N) is 1. The number of carbonyl (C=O) groups is 3. The van der Waals surface area contributed by atoms with Gasteiger partial charge in [0, 0.05) is 12.8 Å². The maximum absolute atomic E-state index is 13.0. The Bertz CT molecular complexity index is 1840. The molecular formula is C86H156NO8+. The van der Waals surface area contributed by atoms with Crippen LogP contribution in [0, 0.1) is 0 Å². The molecule has 0 aliphatic rings. The Kier molecular flexibility index (Phi) is 73.4. The summed E-state index contributed by atoms with van der Waals surface area (Å²) in [4.78, 5) is 37.7. The molecule has 0 saturated heterocycles. The Balaban J connectivity index is 4.00. The molecule has 9 heteroatoms. The Morgan fingerprint density at radius 2 is 0.600 bits per heavy atom. The Labute approximate surface area is 589 Å². The van der Waals surface area contributed by atoms with Crippen molar-refractivity contribution < 1.29 is 42.9 Å². The second-order valence-corrected chi connectivity index (χ2v) is 28.7. The van der Waals surface area contributed by atoms with E-state index in [0.29, 0.717) is 23.9 Å². The van der Waals surface area contributed by atoms with E-state index in [9.17, 15) is 19.5 Å². The molecule has 9 nitrogen and oxygen atoms in total. The van der Waals surface area contributed by atoms with Crippen LogP contribution in [0.3, 0.4) is 0 Å². The fourth-order valence-corrected chi connectivity index (χ4v) is 12.0. The van der Waals surface area contributed by atoms with Gasteiger partial charge in [0.05, 0.1) is 34.4 Å². The molecular weight excluding hydrogens is 1170 g/mol. The summed E-state index contributed by atoms with van der Waals surface area (Å²) in [6.07, 6.45) is 102. The van der Waals surface area contributed by atoms with Crippen LogP contribution in [0.15, 0.2) is 85.1 Å². The fraction of sp³-hybridized carbons (Fsp3) is 0.802. The molecule has 0 rings (SSSR count). The van der Waals surface area contributed by atoms with E-state index in [1.54, 1.807) is 0 Å². The van der Waals surface area contributed by atoms with E-state index in [4.69, 9.17) is 18.9 Å². The monoisotopic (exact) mass is 1330 g/mol. The number of allylic oxidation sites excluding steroid dienone is 14. The lowest BCUT2D eigenvalue weighted by molar-refractivity contribution is -0.870.